The maximum Gasteiger partial charge on any atom is 0.229 e. The molecule has 1 aliphatic heterocycles. The van der Waals surface area contributed by atoms with Crippen LogP contribution in [0.5, 0.6) is 5.75 Å². The highest BCUT2D eigenvalue weighted by atomic mass is 19.1. The minimum Gasteiger partial charge on any atom is -0.495 e. The standard InChI is InChI=1S/C23H24FN3O3/c1-14-3-6-21(30-2)20(9-14)26-23(29)16-10-22(28)27(13-16)8-7-15-12-25-19-5-4-17(24)11-18(15)19/h3-6,9,11-12,16,25H,7-8,10,13H2,1-2H3,(H,26,29). The molecule has 156 valence electrons. The number of rotatable bonds is 6. The van der Waals surface area contributed by atoms with Crippen LogP contribution in [-0.2, 0) is 16.0 Å². The minimum absolute atomic E-state index is 0.0441. The van der Waals surface area contributed by atoms with E-state index in [2.05, 4.69) is 10.3 Å². The second kappa shape index (κ2) is 8.18. The number of amides is 2. The molecular weight excluding hydrogens is 385 g/mol. The number of hydrogen-bond donors (Lipinski definition) is 2. The third-order valence-corrected chi connectivity index (χ3v) is 5.58. The Morgan fingerprint density at radius 2 is 2.13 bits per heavy atom. The third kappa shape index (κ3) is 4.01. The molecule has 2 N–H and O–H groups in total. The summed E-state index contributed by atoms with van der Waals surface area (Å²) in [6.45, 7) is 2.79. The van der Waals surface area contributed by atoms with Crippen molar-refractivity contribution < 1.29 is 18.7 Å². The molecule has 4 rings (SSSR count). The molecular formula is C23H24FN3O3. The molecule has 30 heavy (non-hydrogen) atoms. The van der Waals surface area contributed by atoms with Crippen molar-refractivity contribution in [2.24, 2.45) is 5.92 Å². The molecule has 2 amide bonds. The van der Waals surface area contributed by atoms with Crippen molar-refractivity contribution in [1.82, 2.24) is 9.88 Å². The van der Waals surface area contributed by atoms with Crippen molar-refractivity contribution in [3.05, 3.63) is 59.5 Å². The van der Waals surface area contributed by atoms with Crippen LogP contribution in [0.3, 0.4) is 0 Å². The molecule has 0 bridgehead atoms. The highest BCUT2D eigenvalue weighted by molar-refractivity contribution is 5.98. The maximum absolute atomic E-state index is 13.6. The van der Waals surface area contributed by atoms with Crippen LogP contribution < -0.4 is 10.1 Å². The summed E-state index contributed by atoms with van der Waals surface area (Å²) in [4.78, 5) is 30.0. The summed E-state index contributed by atoms with van der Waals surface area (Å²) in [6, 6.07) is 10.2. The number of halogens is 1. The van der Waals surface area contributed by atoms with E-state index in [9.17, 15) is 14.0 Å². The average Bonchev–Trinajstić information content (AvgIpc) is 3.29. The molecule has 1 atom stereocenters. The SMILES string of the molecule is COc1ccc(C)cc1NC(=O)C1CC(=O)N(CCc2c[nH]c3ccc(F)cc23)C1. The van der Waals surface area contributed by atoms with Gasteiger partial charge < -0.3 is 19.9 Å². The first-order chi connectivity index (χ1) is 14.4. The smallest absolute Gasteiger partial charge is 0.229 e. The Balaban J connectivity index is 1.39. The lowest BCUT2D eigenvalue weighted by Crippen LogP contribution is -2.30. The first-order valence-corrected chi connectivity index (χ1v) is 9.93. The van der Waals surface area contributed by atoms with Gasteiger partial charge in [-0.1, -0.05) is 6.07 Å². The predicted molar refractivity (Wildman–Crippen MR) is 113 cm³/mol. The number of nitrogens with one attached hydrogen (secondary N) is 2. The van der Waals surface area contributed by atoms with Gasteiger partial charge in [-0.05, 0) is 54.8 Å². The second-order valence-corrected chi connectivity index (χ2v) is 7.69. The second-order valence-electron chi connectivity index (χ2n) is 7.69. The van der Waals surface area contributed by atoms with Gasteiger partial charge in [0.2, 0.25) is 11.8 Å². The van der Waals surface area contributed by atoms with Crippen LogP contribution >= 0.6 is 0 Å². The van der Waals surface area contributed by atoms with E-state index in [4.69, 9.17) is 4.74 Å². The Hall–Kier alpha value is -3.35. The number of methoxy groups -OCH3 is 1. The number of ether oxygens (including phenoxy) is 1. The number of nitrogens with zero attached hydrogens (tertiary/aromatic N) is 1. The molecule has 6 nitrogen and oxygen atoms in total. The number of fused-ring (bicyclic) bond motifs is 1. The fourth-order valence-corrected chi connectivity index (χ4v) is 3.93. The van der Waals surface area contributed by atoms with Crippen LogP contribution in [0.25, 0.3) is 10.9 Å². The Labute approximate surface area is 174 Å². The normalized spacial score (nSPS) is 16.3. The fourth-order valence-electron chi connectivity index (χ4n) is 3.93. The first kappa shape index (κ1) is 19.9. The van der Waals surface area contributed by atoms with Crippen LogP contribution in [0.2, 0.25) is 0 Å². The quantitative estimate of drug-likeness (QED) is 0.653. The van der Waals surface area contributed by atoms with Crippen molar-refractivity contribution in [2.45, 2.75) is 19.8 Å². The number of aromatic amines is 1. The van der Waals surface area contributed by atoms with Gasteiger partial charge in [0.05, 0.1) is 18.7 Å². The van der Waals surface area contributed by atoms with Gasteiger partial charge in [0.15, 0.2) is 0 Å². The summed E-state index contributed by atoms with van der Waals surface area (Å²) >= 11 is 0. The molecule has 3 aromatic rings. The highest BCUT2D eigenvalue weighted by Crippen LogP contribution is 2.28. The molecule has 7 heteroatoms. The van der Waals surface area contributed by atoms with E-state index in [0.29, 0.717) is 30.9 Å². The number of aryl methyl sites for hydroxylation is 1. The van der Waals surface area contributed by atoms with E-state index < -0.39 is 5.92 Å². The lowest BCUT2D eigenvalue weighted by Gasteiger charge is -2.17. The summed E-state index contributed by atoms with van der Waals surface area (Å²) in [5.41, 5.74) is 3.43. The fraction of sp³-hybridized carbons (Fsp3) is 0.304. The van der Waals surface area contributed by atoms with Gasteiger partial charge in [0, 0.05) is 36.6 Å². The monoisotopic (exact) mass is 409 g/mol. The van der Waals surface area contributed by atoms with Crippen LogP contribution in [0.15, 0.2) is 42.6 Å². The summed E-state index contributed by atoms with van der Waals surface area (Å²) in [5, 5.41) is 3.72. The molecule has 1 unspecified atom stereocenters. The van der Waals surface area contributed by atoms with Gasteiger partial charge in [0.1, 0.15) is 11.6 Å². The van der Waals surface area contributed by atoms with E-state index >= 15 is 0 Å². The van der Waals surface area contributed by atoms with E-state index in [1.807, 2.05) is 25.3 Å². The molecule has 1 aliphatic rings. The van der Waals surface area contributed by atoms with E-state index in [-0.39, 0.29) is 24.1 Å². The molecule has 0 spiro atoms. The van der Waals surface area contributed by atoms with Crippen molar-refractivity contribution in [2.75, 3.05) is 25.5 Å². The Morgan fingerprint density at radius 3 is 2.93 bits per heavy atom. The highest BCUT2D eigenvalue weighted by Gasteiger charge is 2.34. The molecule has 0 radical (unpaired) electrons. The van der Waals surface area contributed by atoms with Gasteiger partial charge in [-0.3, -0.25) is 9.59 Å². The van der Waals surface area contributed by atoms with Gasteiger partial charge in [-0.25, -0.2) is 4.39 Å². The van der Waals surface area contributed by atoms with Crippen molar-refractivity contribution >= 4 is 28.4 Å². The number of benzene rings is 2. The van der Waals surface area contributed by atoms with Gasteiger partial charge in [0.25, 0.3) is 0 Å². The summed E-state index contributed by atoms with van der Waals surface area (Å²) in [6.07, 6.45) is 2.62. The number of likely N-dealkylation sites (tertiary alicyclic amines) is 1. The van der Waals surface area contributed by atoms with Gasteiger partial charge in [-0.2, -0.15) is 0 Å². The number of H-pyrrole nitrogens is 1. The van der Waals surface area contributed by atoms with Crippen molar-refractivity contribution in [3.8, 4) is 5.75 Å². The molecule has 1 fully saturated rings. The number of carbonyl (C=O) groups excluding carboxylic acids is 2. The van der Waals surface area contributed by atoms with E-state index in [1.165, 1.54) is 12.1 Å². The number of anilines is 1. The third-order valence-electron chi connectivity index (χ3n) is 5.58. The first-order valence-electron chi connectivity index (χ1n) is 9.93. The van der Waals surface area contributed by atoms with Gasteiger partial charge >= 0.3 is 0 Å². The predicted octanol–water partition coefficient (Wildman–Crippen LogP) is 3.65. The molecule has 1 saturated heterocycles. The Morgan fingerprint density at radius 1 is 1.30 bits per heavy atom. The lowest BCUT2D eigenvalue weighted by atomic mass is 10.1. The van der Waals surface area contributed by atoms with Crippen LogP contribution in [0.4, 0.5) is 10.1 Å². The zero-order valence-electron chi connectivity index (χ0n) is 17.0. The van der Waals surface area contributed by atoms with Crippen LogP contribution in [0.1, 0.15) is 17.5 Å². The van der Waals surface area contributed by atoms with Crippen LogP contribution in [-0.4, -0.2) is 41.9 Å². The Bertz CT molecular complexity index is 1110. The topological polar surface area (TPSA) is 74.4 Å². The largest absolute Gasteiger partial charge is 0.495 e. The summed E-state index contributed by atoms with van der Waals surface area (Å²) in [7, 11) is 1.55. The summed E-state index contributed by atoms with van der Waals surface area (Å²) in [5.74, 6) is -0.352. The zero-order valence-corrected chi connectivity index (χ0v) is 17.0. The maximum atomic E-state index is 13.6. The summed E-state index contributed by atoms with van der Waals surface area (Å²) < 4.78 is 18.9. The molecule has 0 aliphatic carbocycles. The zero-order chi connectivity index (χ0) is 21.3. The molecule has 0 saturated carbocycles. The van der Waals surface area contributed by atoms with E-state index in [0.717, 1.165) is 22.0 Å². The average molecular weight is 409 g/mol. The molecule has 1 aromatic heterocycles. The number of hydrogen-bond acceptors (Lipinski definition) is 3. The van der Waals surface area contributed by atoms with Gasteiger partial charge in [-0.15, -0.1) is 0 Å². The van der Waals surface area contributed by atoms with Crippen molar-refractivity contribution in [1.29, 1.82) is 0 Å². The number of carbonyl (C=O) groups is 2. The molecule has 2 aromatic carbocycles. The lowest BCUT2D eigenvalue weighted by molar-refractivity contribution is -0.128. The Kier molecular flexibility index (Phi) is 5.44. The minimum atomic E-state index is -0.414. The van der Waals surface area contributed by atoms with E-state index in [1.54, 1.807) is 24.1 Å². The molecule has 2 heterocycles. The number of aromatic nitrogens is 1. The van der Waals surface area contributed by atoms with Crippen LogP contribution in [0, 0.1) is 18.7 Å². The van der Waals surface area contributed by atoms with Crippen molar-refractivity contribution in [3.63, 3.8) is 0 Å².